The van der Waals surface area contributed by atoms with E-state index in [2.05, 4.69) is 105 Å². The highest BCUT2D eigenvalue weighted by atomic mass is 15.0. The summed E-state index contributed by atoms with van der Waals surface area (Å²) in [6.07, 6.45) is 0. The van der Waals surface area contributed by atoms with Crippen LogP contribution in [0.3, 0.4) is 0 Å². The monoisotopic (exact) mass is 365 g/mol. The van der Waals surface area contributed by atoms with E-state index in [0.717, 1.165) is 28.3 Å². The molecule has 0 radical (unpaired) electrons. The number of aryl methyl sites for hydroxylation is 2. The van der Waals surface area contributed by atoms with E-state index < -0.39 is 0 Å². The van der Waals surface area contributed by atoms with Gasteiger partial charge in [0.15, 0.2) is 0 Å². The van der Waals surface area contributed by atoms with Crippen molar-refractivity contribution in [1.82, 2.24) is 4.98 Å². The average Bonchev–Trinajstić information content (AvgIpc) is 2.72. The van der Waals surface area contributed by atoms with Gasteiger partial charge >= 0.3 is 0 Å². The summed E-state index contributed by atoms with van der Waals surface area (Å²) in [6.45, 7) is 6.47. The number of nitrogens with zero attached hydrogens (tertiary/aromatic N) is 2. The first-order valence-electron chi connectivity index (χ1n) is 9.66. The van der Waals surface area contributed by atoms with E-state index in [1.165, 1.54) is 22.3 Å². The van der Waals surface area contributed by atoms with Crippen molar-refractivity contribution in [2.75, 3.05) is 0 Å². The van der Waals surface area contributed by atoms with Gasteiger partial charge in [-0.25, -0.2) is 4.98 Å². The van der Waals surface area contributed by atoms with Crippen molar-refractivity contribution < 1.29 is 4.57 Å². The molecule has 0 spiro atoms. The van der Waals surface area contributed by atoms with Crippen molar-refractivity contribution in [2.45, 2.75) is 20.8 Å². The fourth-order valence-corrected chi connectivity index (χ4v) is 3.77. The Hall–Kier alpha value is -3.26. The smallest absolute Gasteiger partial charge is 0.234 e. The van der Waals surface area contributed by atoms with Gasteiger partial charge in [-0.15, -0.1) is 0 Å². The van der Waals surface area contributed by atoms with Crippen molar-refractivity contribution in [2.24, 2.45) is 7.05 Å². The number of benzene rings is 3. The second-order valence-corrected chi connectivity index (χ2v) is 7.30. The zero-order chi connectivity index (χ0) is 19.7. The zero-order valence-corrected chi connectivity index (χ0v) is 16.9. The van der Waals surface area contributed by atoms with Crippen LogP contribution in [-0.4, -0.2) is 4.98 Å². The van der Waals surface area contributed by atoms with Gasteiger partial charge in [-0.2, -0.15) is 4.57 Å². The van der Waals surface area contributed by atoms with Crippen LogP contribution in [-0.2, 0) is 7.05 Å². The second-order valence-electron chi connectivity index (χ2n) is 7.30. The molecule has 0 unspecified atom stereocenters. The third-order valence-corrected chi connectivity index (χ3v) is 5.48. The van der Waals surface area contributed by atoms with Crippen molar-refractivity contribution in [1.29, 1.82) is 0 Å². The molecule has 3 aromatic carbocycles. The molecule has 0 saturated heterocycles. The van der Waals surface area contributed by atoms with E-state index in [-0.39, 0.29) is 0 Å². The molecule has 28 heavy (non-hydrogen) atoms. The van der Waals surface area contributed by atoms with Crippen LogP contribution in [0, 0.1) is 20.8 Å². The average molecular weight is 366 g/mol. The topological polar surface area (TPSA) is 16.8 Å². The Balaban J connectivity index is 2.09. The van der Waals surface area contributed by atoms with Crippen LogP contribution >= 0.6 is 0 Å². The lowest BCUT2D eigenvalue weighted by Crippen LogP contribution is -2.37. The minimum Gasteiger partial charge on any atom is -0.234 e. The van der Waals surface area contributed by atoms with Gasteiger partial charge in [-0.05, 0) is 31.0 Å². The van der Waals surface area contributed by atoms with E-state index in [1.807, 2.05) is 6.07 Å². The van der Waals surface area contributed by atoms with Crippen molar-refractivity contribution in [3.05, 3.63) is 95.7 Å². The number of rotatable bonds is 3. The van der Waals surface area contributed by atoms with E-state index in [1.54, 1.807) is 0 Å². The third-order valence-electron chi connectivity index (χ3n) is 5.48. The highest BCUT2D eigenvalue weighted by molar-refractivity contribution is 5.79. The normalized spacial score (nSPS) is 10.9. The maximum absolute atomic E-state index is 5.23. The summed E-state index contributed by atoms with van der Waals surface area (Å²) in [4.78, 5) is 5.23. The minimum atomic E-state index is 1.02. The molecule has 1 aromatic heterocycles. The summed E-state index contributed by atoms with van der Waals surface area (Å²) in [5.41, 5.74) is 10.4. The molecule has 0 aliphatic carbocycles. The highest BCUT2D eigenvalue weighted by Gasteiger charge is 2.26. The Kier molecular flexibility index (Phi) is 4.79. The number of aromatic nitrogens is 2. The molecule has 2 heteroatoms. The molecule has 0 aliphatic heterocycles. The maximum atomic E-state index is 5.23. The Bertz CT molecular complexity index is 1140. The largest absolute Gasteiger partial charge is 0.239 e. The molecule has 0 bridgehead atoms. The standard InChI is InChI=1S/C26H25N2/c1-18-12-8-10-16-22(18)24-20(3)28(4)26(23-17-11-9-13-19(23)2)25(27-24)21-14-6-5-7-15-21/h5-17H,1-4H3/q+1. The first-order valence-corrected chi connectivity index (χ1v) is 9.66. The summed E-state index contributed by atoms with van der Waals surface area (Å²) < 4.78 is 2.29. The molecular weight excluding hydrogens is 340 g/mol. The van der Waals surface area contributed by atoms with Crippen molar-refractivity contribution >= 4 is 0 Å². The van der Waals surface area contributed by atoms with Crippen LogP contribution in [0.1, 0.15) is 16.8 Å². The summed E-state index contributed by atoms with van der Waals surface area (Å²) in [5, 5.41) is 0. The van der Waals surface area contributed by atoms with E-state index in [9.17, 15) is 0 Å². The SMILES string of the molecule is Cc1ccccc1-c1nc(-c2ccccc2)c(-c2ccccc2C)[n+](C)c1C. The maximum Gasteiger partial charge on any atom is 0.239 e. The molecule has 0 amide bonds. The predicted octanol–water partition coefficient (Wildman–Crippen LogP) is 5.83. The first kappa shape index (κ1) is 18.1. The third kappa shape index (κ3) is 3.11. The van der Waals surface area contributed by atoms with Gasteiger partial charge in [0.2, 0.25) is 11.4 Å². The Labute approximate surface area is 167 Å². The minimum absolute atomic E-state index is 1.02. The molecular formula is C26H25N2+. The van der Waals surface area contributed by atoms with E-state index in [4.69, 9.17) is 4.98 Å². The van der Waals surface area contributed by atoms with Gasteiger partial charge in [0.25, 0.3) is 0 Å². The van der Waals surface area contributed by atoms with Crippen LogP contribution in [0.5, 0.6) is 0 Å². The number of hydrogen-bond acceptors (Lipinski definition) is 1. The molecule has 0 N–H and O–H groups in total. The van der Waals surface area contributed by atoms with Gasteiger partial charge in [0, 0.05) is 18.1 Å². The molecule has 0 atom stereocenters. The van der Waals surface area contributed by atoms with Gasteiger partial charge in [-0.1, -0.05) is 72.8 Å². The van der Waals surface area contributed by atoms with Gasteiger partial charge in [0.05, 0.1) is 5.56 Å². The first-order chi connectivity index (χ1) is 13.6. The summed E-state index contributed by atoms with van der Waals surface area (Å²) in [7, 11) is 2.15. The molecule has 4 aromatic rings. The fourth-order valence-electron chi connectivity index (χ4n) is 3.77. The van der Waals surface area contributed by atoms with Crippen LogP contribution in [0.15, 0.2) is 78.9 Å². The lowest BCUT2D eigenvalue weighted by Gasteiger charge is -2.15. The molecule has 4 rings (SSSR count). The van der Waals surface area contributed by atoms with Crippen LogP contribution in [0.4, 0.5) is 0 Å². The van der Waals surface area contributed by atoms with Gasteiger partial charge in [0.1, 0.15) is 18.4 Å². The molecule has 0 aliphatic rings. The number of hydrogen-bond donors (Lipinski definition) is 0. The molecule has 2 nitrogen and oxygen atoms in total. The summed E-state index contributed by atoms with van der Waals surface area (Å²) in [6, 6.07) is 27.5. The van der Waals surface area contributed by atoms with Crippen molar-refractivity contribution in [3.8, 4) is 33.8 Å². The summed E-state index contributed by atoms with van der Waals surface area (Å²) in [5.74, 6) is 0. The van der Waals surface area contributed by atoms with E-state index in [0.29, 0.717) is 0 Å². The quantitative estimate of drug-likeness (QED) is 0.417. The van der Waals surface area contributed by atoms with Crippen molar-refractivity contribution in [3.63, 3.8) is 0 Å². The van der Waals surface area contributed by atoms with Gasteiger partial charge < -0.3 is 0 Å². The van der Waals surface area contributed by atoms with E-state index >= 15 is 0 Å². The van der Waals surface area contributed by atoms with Crippen LogP contribution in [0.2, 0.25) is 0 Å². The highest BCUT2D eigenvalue weighted by Crippen LogP contribution is 2.33. The summed E-state index contributed by atoms with van der Waals surface area (Å²) >= 11 is 0. The lowest BCUT2D eigenvalue weighted by atomic mass is 9.97. The van der Waals surface area contributed by atoms with Gasteiger partial charge in [-0.3, -0.25) is 0 Å². The molecule has 0 saturated carbocycles. The zero-order valence-electron chi connectivity index (χ0n) is 16.9. The lowest BCUT2D eigenvalue weighted by molar-refractivity contribution is -0.666. The van der Waals surface area contributed by atoms with Crippen LogP contribution in [0.25, 0.3) is 33.8 Å². The Morgan fingerprint density at radius 3 is 1.75 bits per heavy atom. The van der Waals surface area contributed by atoms with Crippen LogP contribution < -0.4 is 4.57 Å². The molecule has 0 fully saturated rings. The second kappa shape index (κ2) is 7.40. The fraction of sp³-hybridized carbons (Fsp3) is 0.154. The Morgan fingerprint density at radius 1 is 0.607 bits per heavy atom. The molecule has 1 heterocycles. The Morgan fingerprint density at radius 2 is 1.14 bits per heavy atom. The molecule has 138 valence electrons. The predicted molar refractivity (Wildman–Crippen MR) is 116 cm³/mol.